The van der Waals surface area contributed by atoms with Gasteiger partial charge < -0.3 is 91.2 Å². The van der Waals surface area contributed by atoms with Crippen molar-refractivity contribution in [2.24, 2.45) is 33.7 Å². The zero-order valence-electron chi connectivity index (χ0n) is 43.0. The van der Waals surface area contributed by atoms with E-state index in [-0.39, 0.29) is 69.7 Å². The number of hydrogen-bond acceptors (Lipinski definition) is 16. The fourth-order valence-corrected chi connectivity index (χ4v) is 8.07. The van der Waals surface area contributed by atoms with Crippen molar-refractivity contribution >= 4 is 65.1 Å². The van der Waals surface area contributed by atoms with E-state index in [1.807, 2.05) is 0 Å². The highest BCUT2D eigenvalue weighted by atomic mass is 16.4. The Hall–Kier alpha value is -7.95. The summed E-state index contributed by atoms with van der Waals surface area (Å²) in [6.45, 7) is 1.76. The van der Waals surface area contributed by atoms with Crippen LogP contribution in [0.4, 0.5) is 0 Å². The number of aliphatic hydroxyl groups is 2. The van der Waals surface area contributed by atoms with Gasteiger partial charge in [-0.2, -0.15) is 0 Å². The van der Waals surface area contributed by atoms with Crippen molar-refractivity contribution in [2.75, 3.05) is 26.2 Å². The molecule has 0 aromatic heterocycles. The van der Waals surface area contributed by atoms with E-state index in [2.05, 4.69) is 42.2 Å². The molecule has 21 N–H and O–H groups in total. The van der Waals surface area contributed by atoms with Crippen molar-refractivity contribution in [3.63, 3.8) is 0 Å². The molecule has 0 radical (unpaired) electrons. The van der Waals surface area contributed by atoms with Gasteiger partial charge in [0, 0.05) is 25.9 Å². The Bertz CT molecular complexity index is 2370. The summed E-state index contributed by atoms with van der Waals surface area (Å²) in [7, 11) is 0. The van der Waals surface area contributed by atoms with Gasteiger partial charge in [0.25, 0.3) is 0 Å². The van der Waals surface area contributed by atoms with Crippen molar-refractivity contribution in [3.8, 4) is 5.75 Å². The fraction of sp³-hybridized carbons (Fsp3) is 0.531. The Labute approximate surface area is 444 Å². The number of likely N-dealkylation sites (tertiary alicyclic amines) is 1. The molecule has 3 rings (SSSR count). The van der Waals surface area contributed by atoms with Gasteiger partial charge in [-0.25, -0.2) is 4.79 Å². The number of aliphatic hydroxyl groups excluding tert-OH is 2. The predicted octanol–water partition coefficient (Wildman–Crippen LogP) is -5.58. The van der Waals surface area contributed by atoms with Gasteiger partial charge in [0.15, 0.2) is 5.96 Å². The van der Waals surface area contributed by atoms with Crippen LogP contribution in [-0.4, -0.2) is 177 Å². The molecule has 0 unspecified atom stereocenters. The van der Waals surface area contributed by atoms with Gasteiger partial charge in [-0.3, -0.25) is 48.1 Å². The molecule has 2 aromatic rings. The van der Waals surface area contributed by atoms with Gasteiger partial charge >= 0.3 is 5.97 Å². The number of benzene rings is 2. The summed E-state index contributed by atoms with van der Waals surface area (Å²) in [6.07, 6.45) is -1.02. The van der Waals surface area contributed by atoms with Crippen LogP contribution in [0.2, 0.25) is 0 Å². The molecule has 0 aliphatic carbocycles. The number of aromatic hydroxyl groups is 1. The molecule has 0 spiro atoms. The van der Waals surface area contributed by atoms with E-state index in [1.165, 1.54) is 31.2 Å². The van der Waals surface area contributed by atoms with Gasteiger partial charge in [0.05, 0.1) is 25.2 Å². The van der Waals surface area contributed by atoms with E-state index in [0.29, 0.717) is 30.5 Å². The highest BCUT2D eigenvalue weighted by Gasteiger charge is 2.40. The van der Waals surface area contributed by atoms with E-state index in [1.54, 1.807) is 30.3 Å². The van der Waals surface area contributed by atoms with Crippen LogP contribution in [0, 0.1) is 0 Å². The Kier molecular flexibility index (Phi) is 26.2. The van der Waals surface area contributed by atoms with Crippen LogP contribution in [0.1, 0.15) is 76.3 Å². The summed E-state index contributed by atoms with van der Waals surface area (Å²) in [5.41, 5.74) is 28.4. The maximum absolute atomic E-state index is 14.1. The van der Waals surface area contributed by atoms with Crippen LogP contribution in [0.15, 0.2) is 59.6 Å². The molecule has 2 aromatic carbocycles. The predicted molar refractivity (Wildman–Crippen MR) is 277 cm³/mol. The number of carboxylic acids is 1. The molecule has 1 aliphatic heterocycles. The number of hydrogen-bond donors (Lipinski definition) is 16. The van der Waals surface area contributed by atoms with Crippen LogP contribution >= 0.6 is 0 Å². The molecule has 9 amide bonds. The fourth-order valence-electron chi connectivity index (χ4n) is 8.07. The molecule has 1 fully saturated rings. The van der Waals surface area contributed by atoms with Gasteiger partial charge in [-0.05, 0) is 88.6 Å². The number of nitrogens with one attached hydrogen (secondary N) is 7. The number of amides is 9. The zero-order chi connectivity index (χ0) is 57.4. The minimum absolute atomic E-state index is 0.0180. The van der Waals surface area contributed by atoms with Crippen molar-refractivity contribution in [1.29, 1.82) is 0 Å². The number of phenols is 1. The maximum atomic E-state index is 14.1. The molecular formula is C49H74N14O14. The van der Waals surface area contributed by atoms with Crippen molar-refractivity contribution in [1.82, 2.24) is 42.1 Å². The number of nitrogens with two attached hydrogens (primary N) is 5. The van der Waals surface area contributed by atoms with Gasteiger partial charge in [0.1, 0.15) is 54.1 Å². The second-order valence-electron chi connectivity index (χ2n) is 18.5. The molecule has 1 heterocycles. The number of phenolic OH excluding ortho intramolecular Hbond substituents is 1. The molecule has 77 heavy (non-hydrogen) atoms. The second-order valence-corrected chi connectivity index (χ2v) is 18.5. The highest BCUT2D eigenvalue weighted by Crippen LogP contribution is 2.20. The number of carbonyl (C=O) groups is 10. The van der Waals surface area contributed by atoms with E-state index >= 15 is 0 Å². The van der Waals surface area contributed by atoms with E-state index < -0.39 is 133 Å². The Morgan fingerprint density at radius 2 is 1.23 bits per heavy atom. The minimum atomic E-state index is -1.70. The van der Waals surface area contributed by atoms with E-state index in [0.717, 1.165) is 11.8 Å². The quantitative estimate of drug-likeness (QED) is 0.0185. The lowest BCUT2D eigenvalue weighted by molar-refractivity contribution is -0.143. The minimum Gasteiger partial charge on any atom is -0.508 e. The third-order valence-corrected chi connectivity index (χ3v) is 12.3. The summed E-state index contributed by atoms with van der Waals surface area (Å²) in [5, 5.41) is 57.7. The van der Waals surface area contributed by atoms with Crippen molar-refractivity contribution in [2.45, 2.75) is 139 Å². The number of nitrogens with zero attached hydrogens (tertiary/aromatic N) is 2. The zero-order valence-corrected chi connectivity index (χ0v) is 43.0. The first-order valence-electron chi connectivity index (χ1n) is 25.0. The first-order valence-corrected chi connectivity index (χ1v) is 25.0. The van der Waals surface area contributed by atoms with Gasteiger partial charge in [-0.15, -0.1) is 0 Å². The number of unbranched alkanes of at least 4 members (excludes halogenated alkanes) is 1. The largest absolute Gasteiger partial charge is 0.508 e. The monoisotopic (exact) mass is 1080 g/mol. The normalized spacial score (nSPS) is 16.5. The number of carbonyl (C=O) groups excluding carboxylic acids is 9. The number of rotatable bonds is 32. The van der Waals surface area contributed by atoms with Crippen molar-refractivity contribution in [3.05, 3.63) is 65.7 Å². The molecule has 1 aliphatic rings. The summed E-state index contributed by atoms with van der Waals surface area (Å²) in [6, 6.07) is 1.08. The smallest absolute Gasteiger partial charge is 0.326 e. The summed E-state index contributed by atoms with van der Waals surface area (Å²) in [4.78, 5) is 138. The van der Waals surface area contributed by atoms with Gasteiger partial charge in [0.2, 0.25) is 53.2 Å². The number of carboxylic acid groups (broad SMARTS) is 1. The lowest BCUT2D eigenvalue weighted by atomic mass is 10.0. The van der Waals surface area contributed by atoms with Crippen LogP contribution < -0.4 is 65.9 Å². The van der Waals surface area contributed by atoms with Gasteiger partial charge in [-0.1, -0.05) is 42.5 Å². The van der Waals surface area contributed by atoms with Crippen LogP contribution in [-0.2, 0) is 60.8 Å². The summed E-state index contributed by atoms with van der Waals surface area (Å²) in [5.74, 6) is -9.91. The Morgan fingerprint density at radius 1 is 0.675 bits per heavy atom. The van der Waals surface area contributed by atoms with Crippen LogP contribution in [0.3, 0.4) is 0 Å². The third-order valence-electron chi connectivity index (χ3n) is 12.3. The first-order chi connectivity index (χ1) is 36.4. The van der Waals surface area contributed by atoms with Crippen molar-refractivity contribution < 1.29 is 68.4 Å². The summed E-state index contributed by atoms with van der Waals surface area (Å²) < 4.78 is 0. The third kappa shape index (κ3) is 21.3. The average Bonchev–Trinajstić information content (AvgIpc) is 3.88. The molecule has 1 saturated heterocycles. The topological polar surface area (TPSA) is 482 Å². The van der Waals surface area contributed by atoms with Crippen LogP contribution in [0.5, 0.6) is 5.75 Å². The second kappa shape index (κ2) is 31.8. The first kappa shape index (κ1) is 63.3. The number of aliphatic carboxylic acids is 1. The Morgan fingerprint density at radius 3 is 1.81 bits per heavy atom. The molecule has 28 heteroatoms. The maximum Gasteiger partial charge on any atom is 0.326 e. The number of guanidine groups is 1. The van der Waals surface area contributed by atoms with E-state index in [4.69, 9.17) is 28.7 Å². The number of aliphatic imine (C=N–C) groups is 1. The lowest BCUT2D eigenvalue weighted by Crippen LogP contribution is -2.61. The van der Waals surface area contributed by atoms with E-state index in [9.17, 15) is 68.4 Å². The molecular weight excluding hydrogens is 1010 g/mol. The number of primary amides is 1. The summed E-state index contributed by atoms with van der Waals surface area (Å²) >= 11 is 0. The van der Waals surface area contributed by atoms with Crippen LogP contribution in [0.25, 0.3) is 0 Å². The highest BCUT2D eigenvalue weighted by molar-refractivity contribution is 5.98. The standard InChI is InChI=1S/C49H74N14O14/c1-26(56-43(71)34(23-29-15-17-30(66)18-16-29)60-46(74)39(27(2)65)62-41(69)31(51)24-38(52)67)40(68)61-36(25-64)47(75)63-21-9-14-37(63)45(73)57-32(13-8-20-55-49(53)54)42(70)59-35(22-28-10-4-3-5-11-28)44(72)58-33(48(76)77)12-6-7-19-50/h3-5,10-11,15-18,26-27,31-37,39,64-66H,6-9,12-14,19-25,50-51H2,1-2H3,(H2,52,67)(H,56,71)(H,57,73)(H,58,72)(H,59,70)(H,60,74)(H,61,68)(H,62,69)(H,76,77)(H4,53,54,55)/t26-,27+,31-,32-,33-,34-,35-,36-,37-,39-/m0/s1. The molecule has 0 saturated carbocycles. The Balaban J connectivity index is 1.80. The molecule has 0 bridgehead atoms. The molecule has 10 atom stereocenters. The molecule has 424 valence electrons. The average molecular weight is 1080 g/mol. The lowest BCUT2D eigenvalue weighted by Gasteiger charge is -2.30. The SMILES string of the molecule is C[C@H](NC(=O)[C@H](Cc1ccc(O)cc1)NC(=O)[C@@H](NC(=O)[C@@H](N)CC(N)=O)[C@@H](C)O)C(=O)N[C@@H](CO)C(=O)N1CCC[C@H]1C(=O)N[C@@H](CCCN=C(N)N)C(=O)N[C@@H](Cc1ccccc1)C(=O)N[C@@H](CCCCN)C(=O)O. The molecule has 28 nitrogen and oxygen atoms in total.